The Hall–Kier alpha value is -0.0400. The first-order valence-electron chi connectivity index (χ1n) is 6.18. The van der Waals surface area contributed by atoms with E-state index in [1.54, 1.807) is 0 Å². The van der Waals surface area contributed by atoms with E-state index < -0.39 is 0 Å². The van der Waals surface area contributed by atoms with Gasteiger partial charge < -0.3 is 5.11 Å². The fourth-order valence-corrected chi connectivity index (χ4v) is 3.25. The maximum atomic E-state index is 11.0. The third kappa shape index (κ3) is 1.32. The second-order valence-corrected chi connectivity index (χ2v) is 6.33. The number of hydrogen-bond donors (Lipinski definition) is 1. The summed E-state index contributed by atoms with van der Waals surface area (Å²) in [6, 6.07) is 0. The molecule has 82 valence electrons. The number of hydrogen-bond acceptors (Lipinski definition) is 1. The van der Waals surface area contributed by atoms with E-state index in [1.807, 2.05) is 0 Å². The first-order chi connectivity index (χ1) is 6.46. The van der Waals surface area contributed by atoms with E-state index in [4.69, 9.17) is 0 Å². The van der Waals surface area contributed by atoms with Crippen molar-refractivity contribution < 1.29 is 5.11 Å². The van der Waals surface area contributed by atoms with Crippen molar-refractivity contribution in [1.29, 1.82) is 0 Å². The lowest BCUT2D eigenvalue weighted by Gasteiger charge is -2.56. The molecular weight excluding hydrogens is 172 g/mol. The molecule has 2 fully saturated rings. The summed E-state index contributed by atoms with van der Waals surface area (Å²) >= 11 is 0. The van der Waals surface area contributed by atoms with E-state index >= 15 is 0 Å². The lowest BCUT2D eigenvalue weighted by molar-refractivity contribution is -0.184. The highest BCUT2D eigenvalue weighted by atomic mass is 16.3. The normalized spacial score (nSPS) is 25.7. The SMILES string of the molecule is CC(C)(C)C(O)(C1CCC1)C1CCC1. The molecule has 0 atom stereocenters. The molecule has 0 aromatic rings. The Morgan fingerprint density at radius 2 is 1.21 bits per heavy atom. The second-order valence-electron chi connectivity index (χ2n) is 6.33. The number of aliphatic hydroxyl groups is 1. The molecule has 2 rings (SSSR count). The van der Waals surface area contributed by atoms with Gasteiger partial charge in [0.1, 0.15) is 0 Å². The van der Waals surface area contributed by atoms with Gasteiger partial charge in [-0.05, 0) is 42.9 Å². The average Bonchev–Trinajstić information content (AvgIpc) is 1.74. The second kappa shape index (κ2) is 3.23. The van der Waals surface area contributed by atoms with Crippen LogP contribution in [0, 0.1) is 17.3 Å². The zero-order valence-corrected chi connectivity index (χ0v) is 9.84. The zero-order chi connectivity index (χ0) is 10.4. The van der Waals surface area contributed by atoms with Crippen LogP contribution in [0.5, 0.6) is 0 Å². The molecule has 1 nitrogen and oxygen atoms in total. The summed E-state index contributed by atoms with van der Waals surface area (Å²) in [6.07, 6.45) is 7.68. The van der Waals surface area contributed by atoms with E-state index in [0.717, 1.165) is 0 Å². The molecule has 1 heteroatoms. The topological polar surface area (TPSA) is 20.2 Å². The van der Waals surface area contributed by atoms with E-state index in [2.05, 4.69) is 20.8 Å². The highest BCUT2D eigenvalue weighted by Gasteiger charge is 2.54. The largest absolute Gasteiger partial charge is 0.389 e. The van der Waals surface area contributed by atoms with Crippen LogP contribution in [0.3, 0.4) is 0 Å². The van der Waals surface area contributed by atoms with Crippen LogP contribution in [0.25, 0.3) is 0 Å². The van der Waals surface area contributed by atoms with Gasteiger partial charge in [-0.2, -0.15) is 0 Å². The van der Waals surface area contributed by atoms with Gasteiger partial charge in [0.25, 0.3) is 0 Å². The summed E-state index contributed by atoms with van der Waals surface area (Å²) in [5.74, 6) is 1.18. The maximum absolute atomic E-state index is 11.0. The lowest BCUT2D eigenvalue weighted by Crippen LogP contribution is -2.58. The van der Waals surface area contributed by atoms with Crippen molar-refractivity contribution in [3.05, 3.63) is 0 Å². The minimum atomic E-state index is -0.372. The highest BCUT2D eigenvalue weighted by Crippen LogP contribution is 2.54. The lowest BCUT2D eigenvalue weighted by atomic mass is 9.53. The molecule has 2 saturated carbocycles. The van der Waals surface area contributed by atoms with E-state index in [9.17, 15) is 5.11 Å². The molecule has 0 aromatic heterocycles. The Kier molecular flexibility index (Phi) is 2.42. The van der Waals surface area contributed by atoms with Crippen molar-refractivity contribution in [2.75, 3.05) is 0 Å². The van der Waals surface area contributed by atoms with Gasteiger partial charge in [0.2, 0.25) is 0 Å². The van der Waals surface area contributed by atoms with Crippen LogP contribution in [0.15, 0.2) is 0 Å². The minimum Gasteiger partial charge on any atom is -0.389 e. The van der Waals surface area contributed by atoms with Crippen LogP contribution < -0.4 is 0 Å². The summed E-state index contributed by atoms with van der Waals surface area (Å²) in [4.78, 5) is 0. The third-order valence-corrected chi connectivity index (χ3v) is 4.66. The Labute approximate surface area is 87.9 Å². The Morgan fingerprint density at radius 1 is 0.857 bits per heavy atom. The van der Waals surface area contributed by atoms with Gasteiger partial charge in [-0.25, -0.2) is 0 Å². The molecule has 2 aliphatic rings. The smallest absolute Gasteiger partial charge is 0.0751 e. The van der Waals surface area contributed by atoms with Crippen LogP contribution >= 0.6 is 0 Å². The van der Waals surface area contributed by atoms with Gasteiger partial charge in [0.15, 0.2) is 0 Å². The predicted molar refractivity (Wildman–Crippen MR) is 59.1 cm³/mol. The van der Waals surface area contributed by atoms with Gasteiger partial charge in [-0.15, -0.1) is 0 Å². The maximum Gasteiger partial charge on any atom is 0.0751 e. The molecule has 0 radical (unpaired) electrons. The molecule has 0 spiro atoms. The zero-order valence-electron chi connectivity index (χ0n) is 9.84. The summed E-state index contributed by atoms with van der Waals surface area (Å²) in [7, 11) is 0. The summed E-state index contributed by atoms with van der Waals surface area (Å²) in [5.41, 5.74) is -0.313. The molecule has 0 unspecified atom stereocenters. The predicted octanol–water partition coefficient (Wildman–Crippen LogP) is 3.36. The van der Waals surface area contributed by atoms with Gasteiger partial charge in [-0.3, -0.25) is 0 Å². The molecule has 0 amide bonds. The van der Waals surface area contributed by atoms with Crippen LogP contribution in [0.2, 0.25) is 0 Å². The standard InChI is InChI=1S/C13H24O/c1-12(2,3)13(14,10-6-4-7-10)11-8-5-9-11/h10-11,14H,4-9H2,1-3H3. The number of rotatable bonds is 2. The Bertz CT molecular complexity index is 192. The molecule has 0 bridgehead atoms. The van der Waals surface area contributed by atoms with E-state index in [1.165, 1.54) is 38.5 Å². The van der Waals surface area contributed by atoms with Gasteiger partial charge in [0.05, 0.1) is 5.60 Å². The van der Waals surface area contributed by atoms with Crippen LogP contribution in [-0.4, -0.2) is 10.7 Å². The van der Waals surface area contributed by atoms with E-state index in [0.29, 0.717) is 11.8 Å². The van der Waals surface area contributed by atoms with Gasteiger partial charge in [0, 0.05) is 0 Å². The Balaban J connectivity index is 2.18. The molecule has 0 aromatic carbocycles. The summed E-state index contributed by atoms with van der Waals surface area (Å²) in [5, 5.41) is 11.0. The van der Waals surface area contributed by atoms with Crippen molar-refractivity contribution in [1.82, 2.24) is 0 Å². The van der Waals surface area contributed by atoms with Crippen molar-refractivity contribution in [3.63, 3.8) is 0 Å². The monoisotopic (exact) mass is 196 g/mol. The minimum absolute atomic E-state index is 0.0587. The first kappa shape index (κ1) is 10.5. The fraction of sp³-hybridized carbons (Fsp3) is 1.00. The van der Waals surface area contributed by atoms with Gasteiger partial charge in [-0.1, -0.05) is 33.6 Å². The average molecular weight is 196 g/mol. The van der Waals surface area contributed by atoms with Crippen LogP contribution in [0.1, 0.15) is 59.3 Å². The molecule has 0 aliphatic heterocycles. The van der Waals surface area contributed by atoms with Gasteiger partial charge >= 0.3 is 0 Å². The molecule has 1 N–H and O–H groups in total. The summed E-state index contributed by atoms with van der Waals surface area (Å²) in [6.45, 7) is 6.64. The molecule has 0 heterocycles. The summed E-state index contributed by atoms with van der Waals surface area (Å²) < 4.78 is 0. The van der Waals surface area contributed by atoms with E-state index in [-0.39, 0.29) is 11.0 Å². The highest BCUT2D eigenvalue weighted by molar-refractivity contribution is 5.05. The molecule has 0 saturated heterocycles. The molecule has 2 aliphatic carbocycles. The van der Waals surface area contributed by atoms with Crippen molar-refractivity contribution in [2.45, 2.75) is 64.9 Å². The fourth-order valence-electron chi connectivity index (χ4n) is 3.25. The first-order valence-corrected chi connectivity index (χ1v) is 6.18. The molecular formula is C13H24O. The van der Waals surface area contributed by atoms with Crippen LogP contribution in [0.4, 0.5) is 0 Å². The van der Waals surface area contributed by atoms with Crippen LogP contribution in [-0.2, 0) is 0 Å². The van der Waals surface area contributed by atoms with Crippen molar-refractivity contribution >= 4 is 0 Å². The third-order valence-electron chi connectivity index (χ3n) is 4.66. The van der Waals surface area contributed by atoms with Crippen molar-refractivity contribution in [3.8, 4) is 0 Å². The quantitative estimate of drug-likeness (QED) is 0.718. The Morgan fingerprint density at radius 3 is 1.36 bits per heavy atom. The van der Waals surface area contributed by atoms with Crippen molar-refractivity contribution in [2.24, 2.45) is 17.3 Å². The molecule has 14 heavy (non-hydrogen) atoms.